The Hall–Kier alpha value is -1.54. The average Bonchev–Trinajstić information content (AvgIpc) is 2.30. The topological polar surface area (TPSA) is 12.5 Å². The number of nitrogens with zero attached hydrogens (tertiary/aromatic N) is 1. The molecule has 0 bridgehead atoms. The maximum Gasteiger partial charge on any atom is 0.127 e. The van der Waals surface area contributed by atoms with Gasteiger partial charge in [0.2, 0.25) is 0 Å². The predicted octanol–water partition coefficient (Wildman–Crippen LogP) is 3.09. The second kappa shape index (κ2) is 5.19. The smallest absolute Gasteiger partial charge is 0.127 e. The summed E-state index contributed by atoms with van der Waals surface area (Å²) in [6.07, 6.45) is 0. The highest BCUT2D eigenvalue weighted by atomic mass is 16.5. The van der Waals surface area contributed by atoms with Crippen LogP contribution in [0.4, 0.5) is 0 Å². The molecular formula is C15H19NO. The van der Waals surface area contributed by atoms with Crippen molar-refractivity contribution in [2.45, 2.75) is 6.92 Å². The second-order valence-corrected chi connectivity index (χ2v) is 4.58. The van der Waals surface area contributed by atoms with E-state index >= 15 is 0 Å². The summed E-state index contributed by atoms with van der Waals surface area (Å²) in [6, 6.07) is 12.6. The quantitative estimate of drug-likeness (QED) is 0.799. The minimum atomic E-state index is 0.722. The SMILES string of the molecule is Cc1cccc2c(OCCN(C)C)cccc12. The van der Waals surface area contributed by atoms with Gasteiger partial charge in [0.05, 0.1) is 0 Å². The van der Waals surface area contributed by atoms with Crippen LogP contribution in [0.2, 0.25) is 0 Å². The van der Waals surface area contributed by atoms with Crippen molar-refractivity contribution in [3.05, 3.63) is 42.0 Å². The molecule has 2 heteroatoms. The van der Waals surface area contributed by atoms with Crippen molar-refractivity contribution in [1.29, 1.82) is 0 Å². The number of likely N-dealkylation sites (N-methyl/N-ethyl adjacent to an activating group) is 1. The highest BCUT2D eigenvalue weighted by Gasteiger charge is 2.03. The first kappa shape index (κ1) is 11.9. The Morgan fingerprint density at radius 1 is 1.00 bits per heavy atom. The molecule has 2 rings (SSSR count). The molecular weight excluding hydrogens is 210 g/mol. The third-order valence-corrected chi connectivity index (χ3v) is 2.90. The van der Waals surface area contributed by atoms with E-state index in [9.17, 15) is 0 Å². The van der Waals surface area contributed by atoms with Crippen LogP contribution in [0.5, 0.6) is 5.75 Å². The number of fused-ring (bicyclic) bond motifs is 1. The van der Waals surface area contributed by atoms with Gasteiger partial charge in [-0.1, -0.05) is 30.3 Å². The summed E-state index contributed by atoms with van der Waals surface area (Å²) in [6.45, 7) is 3.79. The van der Waals surface area contributed by atoms with Crippen LogP contribution in [0.1, 0.15) is 5.56 Å². The lowest BCUT2D eigenvalue weighted by molar-refractivity contribution is 0.263. The third kappa shape index (κ3) is 2.77. The van der Waals surface area contributed by atoms with Crippen molar-refractivity contribution in [1.82, 2.24) is 4.90 Å². The summed E-state index contributed by atoms with van der Waals surface area (Å²) in [7, 11) is 4.10. The Balaban J connectivity index is 2.25. The summed E-state index contributed by atoms with van der Waals surface area (Å²) in [4.78, 5) is 2.12. The van der Waals surface area contributed by atoms with Crippen molar-refractivity contribution in [2.75, 3.05) is 27.2 Å². The Kier molecular flexibility index (Phi) is 3.64. The van der Waals surface area contributed by atoms with Crippen molar-refractivity contribution >= 4 is 10.8 Å². The van der Waals surface area contributed by atoms with Gasteiger partial charge in [0.1, 0.15) is 12.4 Å². The Morgan fingerprint density at radius 2 is 1.71 bits per heavy atom. The molecule has 0 spiro atoms. The number of rotatable bonds is 4. The molecule has 0 aliphatic rings. The molecule has 0 atom stereocenters. The van der Waals surface area contributed by atoms with Gasteiger partial charge in [0.25, 0.3) is 0 Å². The molecule has 2 aromatic carbocycles. The van der Waals surface area contributed by atoms with Gasteiger partial charge in [-0.15, -0.1) is 0 Å². The fraction of sp³-hybridized carbons (Fsp3) is 0.333. The molecule has 0 saturated heterocycles. The van der Waals surface area contributed by atoms with Crippen LogP contribution in [0.3, 0.4) is 0 Å². The molecule has 0 saturated carbocycles. The van der Waals surface area contributed by atoms with Gasteiger partial charge in [0, 0.05) is 11.9 Å². The average molecular weight is 229 g/mol. The first-order valence-electron chi connectivity index (χ1n) is 5.94. The van der Waals surface area contributed by atoms with Crippen LogP contribution >= 0.6 is 0 Å². The molecule has 0 N–H and O–H groups in total. The van der Waals surface area contributed by atoms with Crippen LogP contribution in [-0.2, 0) is 0 Å². The number of ether oxygens (including phenoxy) is 1. The van der Waals surface area contributed by atoms with Crippen molar-refractivity contribution < 1.29 is 4.74 Å². The minimum Gasteiger partial charge on any atom is -0.492 e. The van der Waals surface area contributed by atoms with E-state index in [0.29, 0.717) is 0 Å². The highest BCUT2D eigenvalue weighted by Crippen LogP contribution is 2.27. The molecule has 0 heterocycles. The maximum atomic E-state index is 5.84. The van der Waals surface area contributed by atoms with E-state index in [2.05, 4.69) is 56.3 Å². The molecule has 2 aromatic rings. The van der Waals surface area contributed by atoms with Crippen molar-refractivity contribution in [2.24, 2.45) is 0 Å². The lowest BCUT2D eigenvalue weighted by Crippen LogP contribution is -2.19. The minimum absolute atomic E-state index is 0.722. The van der Waals surface area contributed by atoms with Crippen LogP contribution in [-0.4, -0.2) is 32.1 Å². The van der Waals surface area contributed by atoms with Crippen molar-refractivity contribution in [3.8, 4) is 5.75 Å². The second-order valence-electron chi connectivity index (χ2n) is 4.58. The summed E-state index contributed by atoms with van der Waals surface area (Å²) >= 11 is 0. The third-order valence-electron chi connectivity index (χ3n) is 2.90. The molecule has 90 valence electrons. The van der Waals surface area contributed by atoms with E-state index in [1.165, 1.54) is 16.3 Å². The van der Waals surface area contributed by atoms with E-state index in [0.717, 1.165) is 18.9 Å². The molecule has 2 nitrogen and oxygen atoms in total. The summed E-state index contributed by atoms with van der Waals surface area (Å²) in [5, 5.41) is 2.47. The number of benzene rings is 2. The summed E-state index contributed by atoms with van der Waals surface area (Å²) in [5.41, 5.74) is 1.29. The first-order chi connectivity index (χ1) is 8.18. The first-order valence-corrected chi connectivity index (χ1v) is 5.94. The van der Waals surface area contributed by atoms with Gasteiger partial charge in [0.15, 0.2) is 0 Å². The van der Waals surface area contributed by atoms with Gasteiger partial charge in [-0.2, -0.15) is 0 Å². The fourth-order valence-corrected chi connectivity index (χ4v) is 1.90. The Morgan fingerprint density at radius 3 is 2.47 bits per heavy atom. The number of hydrogen-bond donors (Lipinski definition) is 0. The lowest BCUT2D eigenvalue weighted by Gasteiger charge is -2.13. The van der Waals surface area contributed by atoms with Crippen LogP contribution in [0.15, 0.2) is 36.4 Å². The van der Waals surface area contributed by atoms with Gasteiger partial charge >= 0.3 is 0 Å². The zero-order valence-corrected chi connectivity index (χ0v) is 10.7. The van der Waals surface area contributed by atoms with E-state index in [1.54, 1.807) is 0 Å². The van der Waals surface area contributed by atoms with Crippen LogP contribution < -0.4 is 4.74 Å². The zero-order valence-electron chi connectivity index (χ0n) is 10.7. The standard InChI is InChI=1S/C15H19NO/c1-12-6-4-8-14-13(12)7-5-9-15(14)17-11-10-16(2)3/h4-9H,10-11H2,1-3H3. The van der Waals surface area contributed by atoms with Gasteiger partial charge in [-0.25, -0.2) is 0 Å². The monoisotopic (exact) mass is 229 g/mol. The summed E-state index contributed by atoms with van der Waals surface area (Å²) in [5.74, 6) is 0.980. The number of aryl methyl sites for hydroxylation is 1. The van der Waals surface area contributed by atoms with Crippen LogP contribution in [0, 0.1) is 6.92 Å². The van der Waals surface area contributed by atoms with E-state index in [1.807, 2.05) is 6.07 Å². The van der Waals surface area contributed by atoms with Gasteiger partial charge < -0.3 is 9.64 Å². The molecule has 0 fully saturated rings. The molecule has 0 aromatic heterocycles. The molecule has 0 amide bonds. The van der Waals surface area contributed by atoms with Gasteiger partial charge in [-0.05, 0) is 38.0 Å². The highest BCUT2D eigenvalue weighted by molar-refractivity contribution is 5.90. The number of hydrogen-bond acceptors (Lipinski definition) is 2. The molecule has 0 aliphatic carbocycles. The molecule has 0 radical (unpaired) electrons. The fourth-order valence-electron chi connectivity index (χ4n) is 1.90. The van der Waals surface area contributed by atoms with Crippen LogP contribution in [0.25, 0.3) is 10.8 Å². The largest absolute Gasteiger partial charge is 0.492 e. The maximum absolute atomic E-state index is 5.84. The molecule has 17 heavy (non-hydrogen) atoms. The van der Waals surface area contributed by atoms with E-state index in [-0.39, 0.29) is 0 Å². The lowest BCUT2D eigenvalue weighted by atomic mass is 10.1. The zero-order chi connectivity index (χ0) is 12.3. The Bertz CT molecular complexity index is 505. The molecule has 0 aliphatic heterocycles. The Labute approximate surface area is 103 Å². The summed E-state index contributed by atoms with van der Waals surface area (Å²) < 4.78 is 5.84. The van der Waals surface area contributed by atoms with Gasteiger partial charge in [-0.3, -0.25) is 0 Å². The van der Waals surface area contributed by atoms with E-state index in [4.69, 9.17) is 4.74 Å². The van der Waals surface area contributed by atoms with E-state index < -0.39 is 0 Å². The molecule has 0 unspecified atom stereocenters. The van der Waals surface area contributed by atoms with Crippen molar-refractivity contribution in [3.63, 3.8) is 0 Å². The predicted molar refractivity (Wildman–Crippen MR) is 72.7 cm³/mol. The normalized spacial score (nSPS) is 11.1.